The van der Waals surface area contributed by atoms with Gasteiger partial charge in [-0.2, -0.15) is 0 Å². The number of rotatable bonds is 1. The molecule has 0 spiro atoms. The summed E-state index contributed by atoms with van der Waals surface area (Å²) in [6.07, 6.45) is 5.93. The van der Waals surface area contributed by atoms with Crippen LogP contribution in [0.15, 0.2) is 0 Å². The van der Waals surface area contributed by atoms with Crippen molar-refractivity contribution in [1.29, 1.82) is 0 Å². The fourth-order valence-electron chi connectivity index (χ4n) is 2.61. The second-order valence-corrected chi connectivity index (χ2v) is 4.94. The molecule has 0 aromatic rings. The average molecular weight is 226 g/mol. The first-order valence-electron chi connectivity index (χ1n) is 6.47. The van der Waals surface area contributed by atoms with Gasteiger partial charge in [0, 0.05) is 13.1 Å². The smallest absolute Gasteiger partial charge is 0.239 e. The van der Waals surface area contributed by atoms with Crippen LogP contribution in [0.2, 0.25) is 0 Å². The predicted octanol–water partition coefficient (Wildman–Crippen LogP) is 0.502. The molecule has 4 nitrogen and oxygen atoms in total. The standard InChI is InChI=1S/C12H22N2O2/c15-10-5-4-8-14(9-10)12(16)11-6-2-1-3-7-13-11/h10-11,13,15H,1-9H2. The van der Waals surface area contributed by atoms with Crippen LogP contribution in [0.5, 0.6) is 0 Å². The van der Waals surface area contributed by atoms with E-state index in [1.165, 1.54) is 12.8 Å². The molecule has 0 saturated carbocycles. The second kappa shape index (κ2) is 5.64. The Morgan fingerprint density at radius 2 is 2.06 bits per heavy atom. The summed E-state index contributed by atoms with van der Waals surface area (Å²) in [5, 5.41) is 12.9. The number of β-amino-alcohol motifs (C(OH)–C–C–N with tert-alkyl or cyclic N) is 1. The number of aliphatic hydroxyl groups is 1. The number of carbonyl (C=O) groups is 1. The van der Waals surface area contributed by atoms with Gasteiger partial charge in [0.25, 0.3) is 0 Å². The van der Waals surface area contributed by atoms with Gasteiger partial charge in [-0.05, 0) is 32.2 Å². The number of hydrogen-bond acceptors (Lipinski definition) is 3. The molecule has 2 rings (SSSR count). The number of amides is 1. The first-order chi connectivity index (χ1) is 7.77. The molecule has 2 saturated heterocycles. The van der Waals surface area contributed by atoms with E-state index in [1.54, 1.807) is 0 Å². The fraction of sp³-hybridized carbons (Fsp3) is 0.917. The van der Waals surface area contributed by atoms with E-state index >= 15 is 0 Å². The Morgan fingerprint density at radius 3 is 2.88 bits per heavy atom. The van der Waals surface area contributed by atoms with Crippen LogP contribution in [0.3, 0.4) is 0 Å². The van der Waals surface area contributed by atoms with Crippen LogP contribution in [0, 0.1) is 0 Å². The number of likely N-dealkylation sites (tertiary alicyclic amines) is 1. The topological polar surface area (TPSA) is 52.6 Å². The monoisotopic (exact) mass is 226 g/mol. The minimum atomic E-state index is -0.316. The van der Waals surface area contributed by atoms with E-state index < -0.39 is 0 Å². The largest absolute Gasteiger partial charge is 0.391 e. The van der Waals surface area contributed by atoms with Gasteiger partial charge in [0.2, 0.25) is 5.91 Å². The quantitative estimate of drug-likeness (QED) is 0.684. The van der Waals surface area contributed by atoms with E-state index in [1.807, 2.05) is 4.90 Å². The molecule has 0 aromatic carbocycles. The van der Waals surface area contributed by atoms with Crippen LogP contribution in [0.25, 0.3) is 0 Å². The number of aliphatic hydroxyl groups excluding tert-OH is 1. The Hall–Kier alpha value is -0.610. The van der Waals surface area contributed by atoms with E-state index in [0.29, 0.717) is 6.54 Å². The highest BCUT2D eigenvalue weighted by Gasteiger charge is 2.28. The molecule has 4 heteroatoms. The van der Waals surface area contributed by atoms with E-state index in [9.17, 15) is 9.90 Å². The Balaban J connectivity index is 1.89. The number of nitrogens with one attached hydrogen (secondary N) is 1. The number of hydrogen-bond donors (Lipinski definition) is 2. The van der Waals surface area contributed by atoms with Gasteiger partial charge in [-0.25, -0.2) is 0 Å². The molecule has 92 valence electrons. The summed E-state index contributed by atoms with van der Waals surface area (Å²) >= 11 is 0. The van der Waals surface area contributed by atoms with Gasteiger partial charge in [-0.15, -0.1) is 0 Å². The van der Waals surface area contributed by atoms with Crippen molar-refractivity contribution in [3.63, 3.8) is 0 Å². The minimum Gasteiger partial charge on any atom is -0.391 e. The lowest BCUT2D eigenvalue weighted by molar-refractivity contribution is -0.136. The maximum Gasteiger partial charge on any atom is 0.239 e. The van der Waals surface area contributed by atoms with Crippen LogP contribution in [-0.2, 0) is 4.79 Å². The van der Waals surface area contributed by atoms with Crippen molar-refractivity contribution in [1.82, 2.24) is 10.2 Å². The molecule has 0 radical (unpaired) electrons. The summed E-state index contributed by atoms with van der Waals surface area (Å²) in [6, 6.07) is -0.00667. The van der Waals surface area contributed by atoms with Crippen LogP contribution >= 0.6 is 0 Å². The lowest BCUT2D eigenvalue weighted by Gasteiger charge is -2.32. The lowest BCUT2D eigenvalue weighted by atomic mass is 10.1. The summed E-state index contributed by atoms with van der Waals surface area (Å²) in [4.78, 5) is 14.0. The SMILES string of the molecule is O=C(C1CCCCCN1)N1CCCC(O)C1. The summed E-state index contributed by atoms with van der Waals surface area (Å²) in [5.41, 5.74) is 0. The van der Waals surface area contributed by atoms with Crippen LogP contribution in [0.1, 0.15) is 38.5 Å². The molecule has 0 aromatic heterocycles. The Morgan fingerprint density at radius 1 is 1.19 bits per heavy atom. The molecular formula is C12H22N2O2. The summed E-state index contributed by atoms with van der Waals surface area (Å²) in [5.74, 6) is 0.195. The molecule has 0 aliphatic carbocycles. The van der Waals surface area contributed by atoms with Crippen molar-refractivity contribution in [2.75, 3.05) is 19.6 Å². The highest BCUT2D eigenvalue weighted by Crippen LogP contribution is 2.15. The summed E-state index contributed by atoms with van der Waals surface area (Å²) in [7, 11) is 0. The van der Waals surface area contributed by atoms with Crippen LogP contribution in [-0.4, -0.2) is 47.7 Å². The molecule has 2 atom stereocenters. The van der Waals surface area contributed by atoms with Crippen molar-refractivity contribution >= 4 is 5.91 Å². The average Bonchev–Trinajstić information content (AvgIpc) is 2.56. The molecule has 2 aliphatic heterocycles. The predicted molar refractivity (Wildman–Crippen MR) is 62.1 cm³/mol. The van der Waals surface area contributed by atoms with Crippen molar-refractivity contribution in [2.24, 2.45) is 0 Å². The Bertz CT molecular complexity index is 233. The maximum absolute atomic E-state index is 12.2. The van der Waals surface area contributed by atoms with E-state index in [2.05, 4.69) is 5.32 Å². The molecule has 2 fully saturated rings. The van der Waals surface area contributed by atoms with Crippen molar-refractivity contribution in [3.05, 3.63) is 0 Å². The normalized spacial score (nSPS) is 32.2. The third-order valence-corrected chi connectivity index (χ3v) is 3.57. The highest BCUT2D eigenvalue weighted by atomic mass is 16.3. The van der Waals surface area contributed by atoms with Gasteiger partial charge in [-0.3, -0.25) is 4.79 Å². The zero-order valence-electron chi connectivity index (χ0n) is 9.82. The molecule has 2 aliphatic rings. The fourth-order valence-corrected chi connectivity index (χ4v) is 2.61. The van der Waals surface area contributed by atoms with Gasteiger partial charge in [-0.1, -0.05) is 12.8 Å². The lowest BCUT2D eigenvalue weighted by Crippen LogP contribution is -2.50. The van der Waals surface area contributed by atoms with Gasteiger partial charge in [0.05, 0.1) is 12.1 Å². The van der Waals surface area contributed by atoms with Gasteiger partial charge in [0.15, 0.2) is 0 Å². The molecule has 0 bridgehead atoms. The third-order valence-electron chi connectivity index (χ3n) is 3.57. The number of carbonyl (C=O) groups excluding carboxylic acids is 1. The van der Waals surface area contributed by atoms with Crippen molar-refractivity contribution in [2.45, 2.75) is 50.7 Å². The van der Waals surface area contributed by atoms with E-state index in [4.69, 9.17) is 0 Å². The van der Waals surface area contributed by atoms with E-state index in [0.717, 1.165) is 38.8 Å². The second-order valence-electron chi connectivity index (χ2n) is 4.94. The third kappa shape index (κ3) is 2.95. The Labute approximate surface area is 97.0 Å². The van der Waals surface area contributed by atoms with Crippen LogP contribution < -0.4 is 5.32 Å². The molecular weight excluding hydrogens is 204 g/mol. The van der Waals surface area contributed by atoms with Crippen molar-refractivity contribution in [3.8, 4) is 0 Å². The van der Waals surface area contributed by atoms with Gasteiger partial charge >= 0.3 is 0 Å². The first kappa shape index (κ1) is 11.9. The highest BCUT2D eigenvalue weighted by molar-refractivity contribution is 5.82. The maximum atomic E-state index is 12.2. The number of piperidine rings is 1. The van der Waals surface area contributed by atoms with Gasteiger partial charge < -0.3 is 15.3 Å². The van der Waals surface area contributed by atoms with E-state index in [-0.39, 0.29) is 18.1 Å². The zero-order valence-corrected chi connectivity index (χ0v) is 9.82. The molecule has 1 amide bonds. The summed E-state index contributed by atoms with van der Waals surface area (Å²) in [6.45, 7) is 2.29. The van der Waals surface area contributed by atoms with Gasteiger partial charge in [0.1, 0.15) is 0 Å². The molecule has 2 unspecified atom stereocenters. The molecule has 2 N–H and O–H groups in total. The summed E-state index contributed by atoms with van der Waals surface area (Å²) < 4.78 is 0. The van der Waals surface area contributed by atoms with Crippen LogP contribution in [0.4, 0.5) is 0 Å². The molecule has 16 heavy (non-hydrogen) atoms. The number of nitrogens with zero attached hydrogens (tertiary/aromatic N) is 1. The Kier molecular flexibility index (Phi) is 4.18. The van der Waals surface area contributed by atoms with Crippen molar-refractivity contribution < 1.29 is 9.90 Å². The minimum absolute atomic E-state index is 0.00667. The zero-order chi connectivity index (χ0) is 11.4. The molecule has 2 heterocycles. The first-order valence-corrected chi connectivity index (χ1v) is 6.47.